The molecule has 2 aromatic carbocycles. The lowest BCUT2D eigenvalue weighted by atomic mass is 10.1. The molecule has 1 aliphatic heterocycles. The molecular formula is C16H12BrN3O5. The minimum absolute atomic E-state index is 0.0971. The number of fused-ring (bicyclic) bond motifs is 1. The minimum Gasteiger partial charge on any atom is -0.454 e. The Labute approximate surface area is 150 Å². The van der Waals surface area contributed by atoms with Crippen molar-refractivity contribution >= 4 is 33.7 Å². The molecule has 1 amide bonds. The third-order valence-corrected chi connectivity index (χ3v) is 4.11. The van der Waals surface area contributed by atoms with Gasteiger partial charge in [-0.2, -0.15) is 5.10 Å². The first-order valence-electron chi connectivity index (χ1n) is 7.18. The van der Waals surface area contributed by atoms with Crippen LogP contribution in [0.25, 0.3) is 0 Å². The topological polar surface area (TPSA) is 103 Å². The number of nitro benzene ring substituents is 1. The third-order valence-electron chi connectivity index (χ3n) is 3.42. The second kappa shape index (κ2) is 7.31. The molecule has 0 radical (unpaired) electrons. The lowest BCUT2D eigenvalue weighted by Crippen LogP contribution is -2.20. The van der Waals surface area contributed by atoms with Crippen molar-refractivity contribution in [2.24, 2.45) is 5.10 Å². The summed E-state index contributed by atoms with van der Waals surface area (Å²) in [5.41, 5.74) is 3.27. The summed E-state index contributed by atoms with van der Waals surface area (Å²) in [7, 11) is 0. The second-order valence-electron chi connectivity index (χ2n) is 5.08. The largest absolute Gasteiger partial charge is 0.454 e. The number of para-hydroxylation sites is 1. The molecule has 0 spiro atoms. The number of carbonyl (C=O) groups excluding carboxylic acids is 1. The molecule has 3 rings (SSSR count). The number of nitrogens with one attached hydrogen (secondary N) is 1. The lowest BCUT2D eigenvalue weighted by Gasteiger charge is -2.03. The van der Waals surface area contributed by atoms with Crippen molar-refractivity contribution < 1.29 is 19.2 Å². The molecular weight excluding hydrogens is 394 g/mol. The Balaban J connectivity index is 1.65. The fourth-order valence-corrected chi connectivity index (χ4v) is 2.68. The number of carbonyl (C=O) groups is 1. The van der Waals surface area contributed by atoms with Crippen LogP contribution in [0.15, 0.2) is 46.0 Å². The first-order valence-corrected chi connectivity index (χ1v) is 7.97. The summed E-state index contributed by atoms with van der Waals surface area (Å²) in [5.74, 6) is 0.766. The van der Waals surface area contributed by atoms with Crippen LogP contribution in [0.5, 0.6) is 11.5 Å². The molecule has 0 saturated carbocycles. The molecule has 0 unspecified atom stereocenters. The van der Waals surface area contributed by atoms with Crippen molar-refractivity contribution in [2.75, 3.05) is 6.79 Å². The SMILES string of the molecule is O=C(Cc1ccccc1[N+](=O)[O-])N/N=C\c1cc2c(cc1Br)OCO2. The van der Waals surface area contributed by atoms with Gasteiger partial charge in [0.25, 0.3) is 5.69 Å². The van der Waals surface area contributed by atoms with E-state index in [0.717, 1.165) is 4.47 Å². The minimum atomic E-state index is -0.518. The van der Waals surface area contributed by atoms with E-state index in [2.05, 4.69) is 26.5 Å². The summed E-state index contributed by atoms with van der Waals surface area (Å²) in [6.45, 7) is 0.162. The fourth-order valence-electron chi connectivity index (χ4n) is 2.26. The summed E-state index contributed by atoms with van der Waals surface area (Å²) in [6.07, 6.45) is 1.31. The van der Waals surface area contributed by atoms with Crippen LogP contribution in [0.2, 0.25) is 0 Å². The van der Waals surface area contributed by atoms with E-state index in [-0.39, 0.29) is 18.9 Å². The van der Waals surface area contributed by atoms with Gasteiger partial charge >= 0.3 is 0 Å². The van der Waals surface area contributed by atoms with Crippen molar-refractivity contribution in [3.8, 4) is 11.5 Å². The first kappa shape index (κ1) is 16.9. The Kier molecular flexibility index (Phi) is 4.94. The molecule has 0 bridgehead atoms. The molecule has 0 saturated heterocycles. The Bertz CT molecular complexity index is 869. The molecule has 0 atom stereocenters. The highest BCUT2D eigenvalue weighted by atomic mass is 79.9. The molecule has 0 aromatic heterocycles. The van der Waals surface area contributed by atoms with Gasteiger partial charge in [-0.25, -0.2) is 5.43 Å². The van der Waals surface area contributed by atoms with Crippen molar-refractivity contribution in [1.82, 2.24) is 5.43 Å². The second-order valence-corrected chi connectivity index (χ2v) is 5.94. The highest BCUT2D eigenvalue weighted by Crippen LogP contribution is 2.36. The van der Waals surface area contributed by atoms with E-state index >= 15 is 0 Å². The van der Waals surface area contributed by atoms with E-state index in [1.165, 1.54) is 18.3 Å². The molecule has 1 heterocycles. The maximum Gasteiger partial charge on any atom is 0.273 e. The highest BCUT2D eigenvalue weighted by molar-refractivity contribution is 9.10. The van der Waals surface area contributed by atoms with Gasteiger partial charge in [-0.1, -0.05) is 18.2 Å². The van der Waals surface area contributed by atoms with E-state index in [1.54, 1.807) is 24.3 Å². The number of hydrazone groups is 1. The first-order chi connectivity index (χ1) is 12.0. The average molecular weight is 406 g/mol. The van der Waals surface area contributed by atoms with Crippen LogP contribution < -0.4 is 14.9 Å². The lowest BCUT2D eigenvalue weighted by molar-refractivity contribution is -0.385. The number of halogens is 1. The van der Waals surface area contributed by atoms with E-state index in [0.29, 0.717) is 22.6 Å². The maximum atomic E-state index is 11.9. The Morgan fingerprint density at radius 2 is 2.04 bits per heavy atom. The zero-order valence-electron chi connectivity index (χ0n) is 12.8. The Morgan fingerprint density at radius 1 is 1.32 bits per heavy atom. The number of hydrogen-bond donors (Lipinski definition) is 1. The third kappa shape index (κ3) is 3.94. The summed E-state index contributed by atoms with van der Waals surface area (Å²) in [6, 6.07) is 9.56. The Hall–Kier alpha value is -2.94. The number of nitro groups is 1. The van der Waals surface area contributed by atoms with Gasteiger partial charge in [0.15, 0.2) is 11.5 Å². The van der Waals surface area contributed by atoms with Gasteiger partial charge in [-0.3, -0.25) is 14.9 Å². The molecule has 9 heteroatoms. The number of hydrogen-bond acceptors (Lipinski definition) is 6. The van der Waals surface area contributed by atoms with Crippen LogP contribution >= 0.6 is 15.9 Å². The predicted molar refractivity (Wildman–Crippen MR) is 92.8 cm³/mol. The van der Waals surface area contributed by atoms with Crippen LogP contribution in [-0.2, 0) is 11.2 Å². The number of benzene rings is 2. The summed E-state index contributed by atoms with van der Waals surface area (Å²) < 4.78 is 11.3. The van der Waals surface area contributed by atoms with Gasteiger partial charge in [0, 0.05) is 21.7 Å². The van der Waals surface area contributed by atoms with Crippen LogP contribution in [0.1, 0.15) is 11.1 Å². The highest BCUT2D eigenvalue weighted by Gasteiger charge is 2.16. The van der Waals surface area contributed by atoms with Crippen molar-refractivity contribution in [2.45, 2.75) is 6.42 Å². The monoisotopic (exact) mass is 405 g/mol. The molecule has 25 heavy (non-hydrogen) atoms. The smallest absolute Gasteiger partial charge is 0.273 e. The van der Waals surface area contributed by atoms with E-state index in [4.69, 9.17) is 9.47 Å². The van der Waals surface area contributed by atoms with Gasteiger partial charge < -0.3 is 9.47 Å². The van der Waals surface area contributed by atoms with Gasteiger partial charge in [-0.15, -0.1) is 0 Å². The van der Waals surface area contributed by atoms with Crippen LogP contribution in [0.4, 0.5) is 5.69 Å². The van der Waals surface area contributed by atoms with E-state index in [1.807, 2.05) is 0 Å². The number of ether oxygens (including phenoxy) is 2. The van der Waals surface area contributed by atoms with E-state index < -0.39 is 10.8 Å². The molecule has 1 aliphatic rings. The molecule has 0 fully saturated rings. The normalized spacial score (nSPS) is 12.4. The summed E-state index contributed by atoms with van der Waals surface area (Å²) >= 11 is 3.38. The van der Waals surface area contributed by atoms with Crippen LogP contribution in [0, 0.1) is 10.1 Å². The fraction of sp³-hybridized carbons (Fsp3) is 0.125. The summed E-state index contributed by atoms with van der Waals surface area (Å²) in [5, 5.41) is 14.8. The molecule has 1 N–H and O–H groups in total. The Morgan fingerprint density at radius 3 is 2.80 bits per heavy atom. The van der Waals surface area contributed by atoms with Crippen LogP contribution in [0.3, 0.4) is 0 Å². The summed E-state index contributed by atoms with van der Waals surface area (Å²) in [4.78, 5) is 22.4. The molecule has 8 nitrogen and oxygen atoms in total. The number of amides is 1. The average Bonchev–Trinajstić information content (AvgIpc) is 3.02. The van der Waals surface area contributed by atoms with Crippen molar-refractivity contribution in [1.29, 1.82) is 0 Å². The van der Waals surface area contributed by atoms with Crippen molar-refractivity contribution in [3.05, 3.63) is 62.1 Å². The van der Waals surface area contributed by atoms with Crippen molar-refractivity contribution in [3.63, 3.8) is 0 Å². The molecule has 0 aliphatic carbocycles. The molecule has 128 valence electrons. The predicted octanol–water partition coefficient (Wildman–Crippen LogP) is 2.78. The van der Waals surface area contributed by atoms with Gasteiger partial charge in [0.05, 0.1) is 17.6 Å². The maximum absolute atomic E-state index is 11.9. The number of rotatable bonds is 5. The quantitative estimate of drug-likeness (QED) is 0.467. The zero-order valence-corrected chi connectivity index (χ0v) is 14.4. The van der Waals surface area contributed by atoms with E-state index in [9.17, 15) is 14.9 Å². The number of nitrogens with zero attached hydrogens (tertiary/aromatic N) is 2. The zero-order chi connectivity index (χ0) is 17.8. The van der Waals surface area contributed by atoms with Gasteiger partial charge in [0.1, 0.15) is 0 Å². The standard InChI is InChI=1S/C16H12BrN3O5/c17-12-7-15-14(24-9-25-15)5-11(12)8-18-19-16(21)6-10-3-1-2-4-13(10)20(22)23/h1-5,7-8H,6,9H2,(H,19,21)/b18-8-. The van der Waals surface area contributed by atoms with Gasteiger partial charge in [-0.05, 0) is 28.1 Å². The van der Waals surface area contributed by atoms with Crippen LogP contribution in [-0.4, -0.2) is 23.8 Å². The van der Waals surface area contributed by atoms with Gasteiger partial charge in [0.2, 0.25) is 12.7 Å². The molecule has 2 aromatic rings.